The number of nitrogens with two attached hydrogens (primary N) is 1. The molecular formula is C12H14N4O3. The van der Waals surface area contributed by atoms with Crippen LogP contribution in [0.3, 0.4) is 0 Å². The zero-order valence-corrected chi connectivity index (χ0v) is 10.7. The molecular weight excluding hydrogens is 248 g/mol. The van der Waals surface area contributed by atoms with Crippen LogP contribution in [-0.2, 0) is 0 Å². The number of hydrogen-bond donors (Lipinski definition) is 1. The minimum atomic E-state index is -0.441. The van der Waals surface area contributed by atoms with E-state index in [2.05, 4.69) is 10.2 Å². The first-order valence-corrected chi connectivity index (χ1v) is 5.87. The lowest BCUT2D eigenvalue weighted by Gasteiger charge is -2.02. The first kappa shape index (κ1) is 13.2. The molecule has 1 unspecified atom stereocenters. The van der Waals surface area contributed by atoms with Crippen molar-refractivity contribution in [2.24, 2.45) is 5.73 Å². The molecule has 2 rings (SSSR count). The zero-order chi connectivity index (χ0) is 14.0. The Bertz CT molecular complexity index is 609. The second kappa shape index (κ2) is 5.15. The molecule has 1 aromatic carbocycles. The number of nitro groups is 1. The average Bonchev–Trinajstić information content (AvgIpc) is 2.87. The van der Waals surface area contributed by atoms with E-state index < -0.39 is 4.92 Å². The normalized spacial score (nSPS) is 12.4. The number of nitro benzene ring substituents is 1. The second-order valence-corrected chi connectivity index (χ2v) is 4.22. The topological polar surface area (TPSA) is 108 Å². The number of rotatable bonds is 4. The Balaban J connectivity index is 2.37. The van der Waals surface area contributed by atoms with Gasteiger partial charge >= 0.3 is 0 Å². The molecule has 0 aliphatic rings. The van der Waals surface area contributed by atoms with E-state index in [1.54, 1.807) is 13.0 Å². The van der Waals surface area contributed by atoms with Gasteiger partial charge in [0, 0.05) is 17.7 Å². The Kier molecular flexibility index (Phi) is 3.57. The Morgan fingerprint density at radius 3 is 2.79 bits per heavy atom. The molecule has 7 heteroatoms. The lowest BCUT2D eigenvalue weighted by Crippen LogP contribution is -2.08. The van der Waals surface area contributed by atoms with Crippen molar-refractivity contribution >= 4 is 5.69 Å². The third-order valence-corrected chi connectivity index (χ3v) is 2.85. The van der Waals surface area contributed by atoms with Gasteiger partial charge in [-0.2, -0.15) is 0 Å². The lowest BCUT2D eigenvalue weighted by atomic mass is 10.1. The molecule has 100 valence electrons. The monoisotopic (exact) mass is 262 g/mol. The van der Waals surface area contributed by atoms with Crippen molar-refractivity contribution in [1.29, 1.82) is 0 Å². The Labute approximate surface area is 109 Å². The van der Waals surface area contributed by atoms with Crippen LogP contribution in [0.1, 0.15) is 30.8 Å². The SMILES string of the molecule is CCC(N)c1nnc(-c2ccc([N+](=O)[O-])cc2C)o1. The maximum atomic E-state index is 10.7. The quantitative estimate of drug-likeness (QED) is 0.669. The molecule has 0 fully saturated rings. The molecule has 1 aromatic heterocycles. The van der Waals surface area contributed by atoms with Gasteiger partial charge in [0.15, 0.2) is 0 Å². The molecule has 0 saturated carbocycles. The van der Waals surface area contributed by atoms with Gasteiger partial charge in [-0.25, -0.2) is 0 Å². The predicted octanol–water partition coefficient (Wildman–Crippen LogP) is 2.36. The van der Waals surface area contributed by atoms with Crippen LogP contribution in [-0.4, -0.2) is 15.1 Å². The fourth-order valence-electron chi connectivity index (χ4n) is 1.67. The molecule has 0 bridgehead atoms. The summed E-state index contributed by atoms with van der Waals surface area (Å²) in [6.45, 7) is 3.68. The molecule has 1 atom stereocenters. The van der Waals surface area contributed by atoms with Gasteiger partial charge in [-0.3, -0.25) is 10.1 Å². The summed E-state index contributed by atoms with van der Waals surface area (Å²) in [5.41, 5.74) is 7.21. The Morgan fingerprint density at radius 1 is 1.47 bits per heavy atom. The third kappa shape index (κ3) is 2.60. The van der Waals surface area contributed by atoms with Gasteiger partial charge in [0.2, 0.25) is 11.8 Å². The molecule has 0 aliphatic heterocycles. The van der Waals surface area contributed by atoms with Gasteiger partial charge in [0.25, 0.3) is 5.69 Å². The van der Waals surface area contributed by atoms with E-state index in [4.69, 9.17) is 10.2 Å². The van der Waals surface area contributed by atoms with Crippen LogP contribution in [0.5, 0.6) is 0 Å². The fourth-order valence-corrected chi connectivity index (χ4v) is 1.67. The van der Waals surface area contributed by atoms with Gasteiger partial charge in [-0.15, -0.1) is 10.2 Å². The molecule has 0 saturated heterocycles. The predicted molar refractivity (Wildman–Crippen MR) is 68.3 cm³/mol. The summed E-state index contributed by atoms with van der Waals surface area (Å²) in [4.78, 5) is 10.2. The fraction of sp³-hybridized carbons (Fsp3) is 0.333. The summed E-state index contributed by atoms with van der Waals surface area (Å²) >= 11 is 0. The van der Waals surface area contributed by atoms with Crippen LogP contribution in [0.4, 0.5) is 5.69 Å². The van der Waals surface area contributed by atoms with E-state index >= 15 is 0 Å². The largest absolute Gasteiger partial charge is 0.419 e. The molecule has 7 nitrogen and oxygen atoms in total. The molecule has 1 heterocycles. The minimum absolute atomic E-state index is 0.0336. The van der Waals surface area contributed by atoms with Crippen LogP contribution in [0.25, 0.3) is 11.5 Å². The third-order valence-electron chi connectivity index (χ3n) is 2.85. The highest BCUT2D eigenvalue weighted by atomic mass is 16.6. The van der Waals surface area contributed by atoms with E-state index in [1.807, 2.05) is 6.92 Å². The molecule has 19 heavy (non-hydrogen) atoms. The van der Waals surface area contributed by atoms with E-state index in [9.17, 15) is 10.1 Å². The standard InChI is InChI=1S/C12H14N4O3/c1-3-10(13)12-15-14-11(19-12)9-5-4-8(16(17)18)6-7(9)2/h4-6,10H,3,13H2,1-2H3. The van der Waals surface area contributed by atoms with Gasteiger partial charge < -0.3 is 10.2 Å². The van der Waals surface area contributed by atoms with Crippen molar-refractivity contribution in [3.63, 3.8) is 0 Å². The van der Waals surface area contributed by atoms with Gasteiger partial charge in [0.1, 0.15) is 0 Å². The number of aryl methyl sites for hydroxylation is 1. The van der Waals surface area contributed by atoms with Gasteiger partial charge in [0.05, 0.1) is 11.0 Å². The van der Waals surface area contributed by atoms with Crippen LogP contribution in [0.15, 0.2) is 22.6 Å². The van der Waals surface area contributed by atoms with Crippen LogP contribution < -0.4 is 5.73 Å². The molecule has 0 amide bonds. The number of hydrogen-bond acceptors (Lipinski definition) is 6. The summed E-state index contributed by atoms with van der Waals surface area (Å²) < 4.78 is 5.49. The molecule has 0 aliphatic carbocycles. The van der Waals surface area contributed by atoms with Gasteiger partial charge in [-0.05, 0) is 25.0 Å². The van der Waals surface area contributed by atoms with E-state index in [0.29, 0.717) is 29.3 Å². The summed E-state index contributed by atoms with van der Waals surface area (Å²) in [5.74, 6) is 0.696. The highest BCUT2D eigenvalue weighted by molar-refractivity contribution is 5.60. The van der Waals surface area contributed by atoms with E-state index in [-0.39, 0.29) is 11.7 Å². The number of aromatic nitrogens is 2. The van der Waals surface area contributed by atoms with Crippen LogP contribution >= 0.6 is 0 Å². The van der Waals surface area contributed by atoms with Crippen molar-refractivity contribution in [1.82, 2.24) is 10.2 Å². The lowest BCUT2D eigenvalue weighted by molar-refractivity contribution is -0.384. The average molecular weight is 262 g/mol. The summed E-state index contributed by atoms with van der Waals surface area (Å²) in [6.07, 6.45) is 0.695. The summed E-state index contributed by atoms with van der Waals surface area (Å²) in [5, 5.41) is 18.5. The maximum absolute atomic E-state index is 10.7. The van der Waals surface area contributed by atoms with E-state index in [0.717, 1.165) is 0 Å². The summed E-state index contributed by atoms with van der Waals surface area (Å²) in [6, 6.07) is 4.19. The number of nitrogens with zero attached hydrogens (tertiary/aromatic N) is 3. The van der Waals surface area contributed by atoms with Crippen molar-refractivity contribution in [3.8, 4) is 11.5 Å². The van der Waals surface area contributed by atoms with E-state index in [1.165, 1.54) is 12.1 Å². The number of non-ortho nitro benzene ring substituents is 1. The van der Waals surface area contributed by atoms with Crippen molar-refractivity contribution in [2.75, 3.05) is 0 Å². The molecule has 2 aromatic rings. The minimum Gasteiger partial charge on any atom is -0.419 e. The van der Waals surface area contributed by atoms with Crippen LogP contribution in [0.2, 0.25) is 0 Å². The second-order valence-electron chi connectivity index (χ2n) is 4.22. The van der Waals surface area contributed by atoms with Gasteiger partial charge in [-0.1, -0.05) is 6.92 Å². The maximum Gasteiger partial charge on any atom is 0.269 e. The highest BCUT2D eigenvalue weighted by Crippen LogP contribution is 2.27. The van der Waals surface area contributed by atoms with Crippen molar-refractivity contribution < 1.29 is 9.34 Å². The first-order valence-electron chi connectivity index (χ1n) is 5.87. The van der Waals surface area contributed by atoms with Crippen molar-refractivity contribution in [3.05, 3.63) is 39.8 Å². The molecule has 0 spiro atoms. The first-order chi connectivity index (χ1) is 9.02. The van der Waals surface area contributed by atoms with Crippen molar-refractivity contribution in [2.45, 2.75) is 26.3 Å². The number of benzene rings is 1. The smallest absolute Gasteiger partial charge is 0.269 e. The highest BCUT2D eigenvalue weighted by Gasteiger charge is 2.16. The Hall–Kier alpha value is -2.28. The summed E-state index contributed by atoms with van der Waals surface area (Å²) in [7, 11) is 0. The van der Waals surface area contributed by atoms with Crippen LogP contribution in [0, 0.1) is 17.0 Å². The Morgan fingerprint density at radius 2 is 2.21 bits per heavy atom. The molecule has 0 radical (unpaired) electrons. The zero-order valence-electron chi connectivity index (χ0n) is 10.7. The molecule has 2 N–H and O–H groups in total.